The van der Waals surface area contributed by atoms with E-state index in [1.165, 1.54) is 29.9 Å². The van der Waals surface area contributed by atoms with Gasteiger partial charge in [-0.2, -0.15) is 9.78 Å². The maximum Gasteiger partial charge on any atom is 0.282 e. The van der Waals surface area contributed by atoms with E-state index < -0.39 is 11.6 Å². The van der Waals surface area contributed by atoms with Crippen LogP contribution in [0.25, 0.3) is 10.2 Å². The Morgan fingerprint density at radius 3 is 2.86 bits per heavy atom. The summed E-state index contributed by atoms with van der Waals surface area (Å²) in [5.74, 6) is -1.89. The molecule has 0 aliphatic rings. The quantitative estimate of drug-likeness (QED) is 0.696. The Kier molecular flexibility index (Phi) is 3.81. The number of aromatic nitrogens is 2. The average molecular weight is 319 g/mol. The summed E-state index contributed by atoms with van der Waals surface area (Å²) < 4.78 is 27.1. The second-order valence-corrected chi connectivity index (χ2v) is 5.71. The molecular formula is C15H11F2N3OS. The van der Waals surface area contributed by atoms with Crippen molar-refractivity contribution in [2.24, 2.45) is 5.10 Å². The lowest BCUT2D eigenvalue weighted by molar-refractivity contribution is 0.508. The van der Waals surface area contributed by atoms with Crippen molar-refractivity contribution in [3.8, 4) is 0 Å². The van der Waals surface area contributed by atoms with Crippen molar-refractivity contribution < 1.29 is 8.78 Å². The SMILES string of the molecule is CCc1cc2c(=O)n(/N=C\c3ccc(F)c(F)c3)cnc2s1. The summed E-state index contributed by atoms with van der Waals surface area (Å²) in [6, 6.07) is 5.19. The number of thiophene rings is 1. The fourth-order valence-electron chi connectivity index (χ4n) is 1.94. The molecule has 0 atom stereocenters. The minimum atomic E-state index is -0.963. The molecule has 0 N–H and O–H groups in total. The highest BCUT2D eigenvalue weighted by Crippen LogP contribution is 2.20. The van der Waals surface area contributed by atoms with Gasteiger partial charge >= 0.3 is 0 Å². The predicted octanol–water partition coefficient (Wildman–Crippen LogP) is 3.18. The molecule has 0 radical (unpaired) electrons. The number of hydrogen-bond donors (Lipinski definition) is 0. The summed E-state index contributed by atoms with van der Waals surface area (Å²) in [6.07, 6.45) is 3.43. The van der Waals surface area contributed by atoms with Gasteiger partial charge in [-0.1, -0.05) is 13.0 Å². The highest BCUT2D eigenvalue weighted by molar-refractivity contribution is 7.18. The number of halogens is 2. The van der Waals surface area contributed by atoms with Crippen LogP contribution in [-0.4, -0.2) is 15.9 Å². The molecule has 3 aromatic rings. The molecule has 0 saturated carbocycles. The van der Waals surface area contributed by atoms with Crippen molar-refractivity contribution in [1.29, 1.82) is 0 Å². The molecule has 0 aliphatic carbocycles. The van der Waals surface area contributed by atoms with Gasteiger partial charge < -0.3 is 0 Å². The number of hydrogen-bond acceptors (Lipinski definition) is 4. The Bertz CT molecular complexity index is 930. The van der Waals surface area contributed by atoms with E-state index >= 15 is 0 Å². The molecule has 0 spiro atoms. The van der Waals surface area contributed by atoms with Gasteiger partial charge in [-0.15, -0.1) is 11.3 Å². The van der Waals surface area contributed by atoms with Crippen LogP contribution in [0.3, 0.4) is 0 Å². The minimum absolute atomic E-state index is 0.292. The molecular weight excluding hydrogens is 308 g/mol. The van der Waals surface area contributed by atoms with Gasteiger partial charge in [0, 0.05) is 4.88 Å². The summed E-state index contributed by atoms with van der Waals surface area (Å²) in [5.41, 5.74) is 0.0604. The van der Waals surface area contributed by atoms with Gasteiger partial charge in [0.25, 0.3) is 5.56 Å². The predicted molar refractivity (Wildman–Crippen MR) is 82.6 cm³/mol. The fraction of sp³-hybridized carbons (Fsp3) is 0.133. The maximum absolute atomic E-state index is 13.1. The van der Waals surface area contributed by atoms with Gasteiger partial charge in [0.1, 0.15) is 11.2 Å². The molecule has 0 bridgehead atoms. The van der Waals surface area contributed by atoms with E-state index in [0.29, 0.717) is 15.8 Å². The molecule has 112 valence electrons. The van der Waals surface area contributed by atoms with Crippen LogP contribution in [0, 0.1) is 11.6 Å². The van der Waals surface area contributed by atoms with Crippen molar-refractivity contribution in [2.45, 2.75) is 13.3 Å². The summed E-state index contributed by atoms with van der Waals surface area (Å²) >= 11 is 1.47. The largest absolute Gasteiger partial charge is 0.282 e. The van der Waals surface area contributed by atoms with E-state index in [1.807, 2.05) is 6.92 Å². The third-order valence-corrected chi connectivity index (χ3v) is 4.30. The normalized spacial score (nSPS) is 11.6. The molecule has 0 aliphatic heterocycles. The molecule has 4 nitrogen and oxygen atoms in total. The number of aryl methyl sites for hydroxylation is 1. The summed E-state index contributed by atoms with van der Waals surface area (Å²) in [6.45, 7) is 2.00. The van der Waals surface area contributed by atoms with Crippen molar-refractivity contribution >= 4 is 27.8 Å². The van der Waals surface area contributed by atoms with Gasteiger partial charge in [0.2, 0.25) is 0 Å². The van der Waals surface area contributed by atoms with Crippen LogP contribution in [0.15, 0.2) is 40.5 Å². The number of rotatable bonds is 3. The Morgan fingerprint density at radius 1 is 1.32 bits per heavy atom. The van der Waals surface area contributed by atoms with E-state index in [4.69, 9.17) is 0 Å². The van der Waals surface area contributed by atoms with Crippen molar-refractivity contribution in [3.05, 3.63) is 63.0 Å². The van der Waals surface area contributed by atoms with Gasteiger partial charge in [-0.3, -0.25) is 4.79 Å². The second-order valence-electron chi connectivity index (χ2n) is 4.60. The number of fused-ring (bicyclic) bond motifs is 1. The lowest BCUT2D eigenvalue weighted by Gasteiger charge is -1.98. The fourth-order valence-corrected chi connectivity index (χ4v) is 2.87. The molecule has 3 rings (SSSR count). The Balaban J connectivity index is 1.99. The van der Waals surface area contributed by atoms with E-state index in [9.17, 15) is 13.6 Å². The monoisotopic (exact) mass is 319 g/mol. The third-order valence-electron chi connectivity index (χ3n) is 3.11. The summed E-state index contributed by atoms with van der Waals surface area (Å²) in [7, 11) is 0. The molecule has 0 unspecified atom stereocenters. The third kappa shape index (κ3) is 2.67. The van der Waals surface area contributed by atoms with Crippen LogP contribution in [-0.2, 0) is 6.42 Å². The van der Waals surface area contributed by atoms with Crippen LogP contribution in [0.5, 0.6) is 0 Å². The van der Waals surface area contributed by atoms with E-state index in [-0.39, 0.29) is 5.56 Å². The Hall–Kier alpha value is -2.41. The molecule has 7 heteroatoms. The van der Waals surface area contributed by atoms with Crippen LogP contribution in [0.1, 0.15) is 17.4 Å². The minimum Gasteiger partial charge on any atom is -0.267 e. The first kappa shape index (κ1) is 14.5. The maximum atomic E-state index is 13.1. The van der Waals surface area contributed by atoms with Gasteiger partial charge in [0.05, 0.1) is 11.6 Å². The van der Waals surface area contributed by atoms with Crippen molar-refractivity contribution in [1.82, 2.24) is 9.66 Å². The van der Waals surface area contributed by atoms with Crippen LogP contribution >= 0.6 is 11.3 Å². The average Bonchev–Trinajstić information content (AvgIpc) is 2.94. The standard InChI is InChI=1S/C15H11F2N3OS/c1-2-10-6-11-14(22-10)18-8-20(15(11)21)19-7-9-3-4-12(16)13(17)5-9/h3-8H,2H2,1H3/b19-7-. The van der Waals surface area contributed by atoms with E-state index in [0.717, 1.165) is 28.1 Å². The first-order valence-electron chi connectivity index (χ1n) is 6.58. The summed E-state index contributed by atoms with van der Waals surface area (Å²) in [5, 5.41) is 4.47. The molecule has 0 amide bonds. The first-order valence-corrected chi connectivity index (χ1v) is 7.39. The molecule has 0 saturated heterocycles. The lowest BCUT2D eigenvalue weighted by atomic mass is 10.2. The van der Waals surface area contributed by atoms with Crippen LogP contribution in [0.2, 0.25) is 0 Å². The smallest absolute Gasteiger partial charge is 0.267 e. The van der Waals surface area contributed by atoms with E-state index in [2.05, 4.69) is 10.1 Å². The lowest BCUT2D eigenvalue weighted by Crippen LogP contribution is -2.16. The van der Waals surface area contributed by atoms with Gasteiger partial charge in [0.15, 0.2) is 11.6 Å². The van der Waals surface area contributed by atoms with Gasteiger partial charge in [-0.05, 0) is 30.2 Å². The zero-order valence-electron chi connectivity index (χ0n) is 11.6. The summed E-state index contributed by atoms with van der Waals surface area (Å²) in [4.78, 5) is 18.2. The molecule has 1 aromatic carbocycles. The highest BCUT2D eigenvalue weighted by Gasteiger charge is 2.07. The molecule has 0 fully saturated rings. The number of nitrogens with zero attached hydrogens (tertiary/aromatic N) is 3. The molecule has 22 heavy (non-hydrogen) atoms. The zero-order chi connectivity index (χ0) is 15.7. The molecule has 2 heterocycles. The van der Waals surface area contributed by atoms with E-state index in [1.54, 1.807) is 6.07 Å². The van der Waals surface area contributed by atoms with Crippen LogP contribution < -0.4 is 5.56 Å². The van der Waals surface area contributed by atoms with Gasteiger partial charge in [-0.25, -0.2) is 13.8 Å². The Labute approximate surface area is 128 Å². The van der Waals surface area contributed by atoms with Crippen LogP contribution in [0.4, 0.5) is 8.78 Å². The Morgan fingerprint density at radius 2 is 2.14 bits per heavy atom. The van der Waals surface area contributed by atoms with Crippen molar-refractivity contribution in [2.75, 3.05) is 0 Å². The van der Waals surface area contributed by atoms with Crippen molar-refractivity contribution in [3.63, 3.8) is 0 Å². The zero-order valence-corrected chi connectivity index (χ0v) is 12.4. The topological polar surface area (TPSA) is 47.2 Å². The highest BCUT2D eigenvalue weighted by atomic mass is 32.1. The number of benzene rings is 1. The second kappa shape index (κ2) is 5.76. The molecule has 2 aromatic heterocycles. The first-order chi connectivity index (χ1) is 10.6.